The van der Waals surface area contributed by atoms with E-state index in [1.165, 1.54) is 0 Å². The first-order valence-corrected chi connectivity index (χ1v) is 3.79. The van der Waals surface area contributed by atoms with Gasteiger partial charge >= 0.3 is 0 Å². The van der Waals surface area contributed by atoms with E-state index < -0.39 is 0 Å². The third-order valence-electron chi connectivity index (χ3n) is 2.10. The minimum absolute atomic E-state index is 0.0538. The van der Waals surface area contributed by atoms with Gasteiger partial charge in [-0.05, 0) is 6.42 Å². The lowest BCUT2D eigenvalue weighted by atomic mass is 9.96. The highest BCUT2D eigenvalue weighted by atomic mass is 16.5. The number of nitrogens with one attached hydrogen (secondary N) is 1. The molecule has 2 heteroatoms. The molecule has 1 aliphatic heterocycles. The molecule has 1 saturated heterocycles. The highest BCUT2D eigenvalue weighted by Crippen LogP contribution is 2.14. The quantitative estimate of drug-likeness (QED) is 0.578. The van der Waals surface area contributed by atoms with E-state index in [1.54, 1.807) is 0 Å². The van der Waals surface area contributed by atoms with E-state index in [4.69, 9.17) is 4.74 Å². The summed E-state index contributed by atoms with van der Waals surface area (Å²) in [5.74, 6) is 0. The zero-order chi connectivity index (χ0) is 7.45. The van der Waals surface area contributed by atoms with Gasteiger partial charge in [0.25, 0.3) is 0 Å². The third kappa shape index (κ3) is 1.39. The van der Waals surface area contributed by atoms with Gasteiger partial charge in [-0.1, -0.05) is 13.0 Å². The van der Waals surface area contributed by atoms with E-state index in [-0.39, 0.29) is 5.54 Å². The Hall–Kier alpha value is -0.340. The smallest absolute Gasteiger partial charge is 0.0684 e. The Kier molecular flexibility index (Phi) is 2.46. The van der Waals surface area contributed by atoms with E-state index in [1.807, 2.05) is 6.08 Å². The molecule has 1 fully saturated rings. The van der Waals surface area contributed by atoms with Crippen molar-refractivity contribution >= 4 is 0 Å². The van der Waals surface area contributed by atoms with Gasteiger partial charge in [0, 0.05) is 6.54 Å². The lowest BCUT2D eigenvalue weighted by Crippen LogP contribution is -2.52. The van der Waals surface area contributed by atoms with Crippen molar-refractivity contribution in [3.63, 3.8) is 0 Å². The maximum absolute atomic E-state index is 5.33. The second kappa shape index (κ2) is 3.17. The van der Waals surface area contributed by atoms with Crippen LogP contribution < -0.4 is 5.32 Å². The summed E-state index contributed by atoms with van der Waals surface area (Å²) in [7, 11) is 0. The molecular formula is C8H15NO. The van der Waals surface area contributed by atoms with Gasteiger partial charge in [-0.2, -0.15) is 0 Å². The topological polar surface area (TPSA) is 21.3 Å². The highest BCUT2D eigenvalue weighted by molar-refractivity contribution is 5.03. The SMILES string of the molecule is C=CC1(CC)COCCN1. The van der Waals surface area contributed by atoms with Crippen molar-refractivity contribution in [2.45, 2.75) is 18.9 Å². The molecule has 0 aliphatic carbocycles. The summed E-state index contributed by atoms with van der Waals surface area (Å²) in [4.78, 5) is 0. The fraction of sp³-hybridized carbons (Fsp3) is 0.750. The zero-order valence-corrected chi connectivity index (χ0v) is 6.52. The lowest BCUT2D eigenvalue weighted by molar-refractivity contribution is 0.0465. The molecular weight excluding hydrogens is 126 g/mol. The number of hydrogen-bond donors (Lipinski definition) is 1. The minimum atomic E-state index is 0.0538. The van der Waals surface area contributed by atoms with Crippen LogP contribution in [0.4, 0.5) is 0 Å². The molecule has 1 aliphatic rings. The van der Waals surface area contributed by atoms with Crippen molar-refractivity contribution in [3.05, 3.63) is 12.7 Å². The average molecular weight is 141 g/mol. The van der Waals surface area contributed by atoms with Crippen LogP contribution in [-0.2, 0) is 4.74 Å². The Bertz CT molecular complexity index is 116. The summed E-state index contributed by atoms with van der Waals surface area (Å²) in [6.45, 7) is 8.47. The van der Waals surface area contributed by atoms with Crippen molar-refractivity contribution in [2.75, 3.05) is 19.8 Å². The number of hydrogen-bond acceptors (Lipinski definition) is 2. The molecule has 2 nitrogen and oxygen atoms in total. The molecule has 1 N–H and O–H groups in total. The Morgan fingerprint density at radius 2 is 2.60 bits per heavy atom. The second-order valence-electron chi connectivity index (χ2n) is 2.69. The molecule has 0 saturated carbocycles. The molecule has 0 aromatic heterocycles. The maximum Gasteiger partial charge on any atom is 0.0684 e. The standard InChI is InChI=1S/C8H15NO/c1-3-8(4-2)7-10-6-5-9-8/h3,9H,1,4-7H2,2H3. The van der Waals surface area contributed by atoms with Crippen LogP contribution in [0.3, 0.4) is 0 Å². The van der Waals surface area contributed by atoms with Crippen LogP contribution in [0.2, 0.25) is 0 Å². The maximum atomic E-state index is 5.33. The predicted molar refractivity (Wildman–Crippen MR) is 42.0 cm³/mol. The van der Waals surface area contributed by atoms with Crippen LogP contribution in [-0.4, -0.2) is 25.3 Å². The van der Waals surface area contributed by atoms with Crippen molar-refractivity contribution < 1.29 is 4.74 Å². The van der Waals surface area contributed by atoms with Crippen molar-refractivity contribution in [2.24, 2.45) is 0 Å². The van der Waals surface area contributed by atoms with Crippen molar-refractivity contribution in [1.29, 1.82) is 0 Å². The minimum Gasteiger partial charge on any atom is -0.378 e. The van der Waals surface area contributed by atoms with E-state index >= 15 is 0 Å². The highest BCUT2D eigenvalue weighted by Gasteiger charge is 2.26. The van der Waals surface area contributed by atoms with E-state index in [2.05, 4.69) is 18.8 Å². The number of rotatable bonds is 2. The Labute approximate surface area is 62.3 Å². The molecule has 0 bridgehead atoms. The number of morpholine rings is 1. The fourth-order valence-electron chi connectivity index (χ4n) is 1.18. The Morgan fingerprint density at radius 3 is 2.90 bits per heavy atom. The summed E-state index contributed by atoms with van der Waals surface area (Å²) in [6.07, 6.45) is 3.00. The molecule has 1 atom stereocenters. The van der Waals surface area contributed by atoms with Crippen LogP contribution >= 0.6 is 0 Å². The van der Waals surface area contributed by atoms with Gasteiger partial charge in [0.05, 0.1) is 18.8 Å². The van der Waals surface area contributed by atoms with Gasteiger partial charge in [-0.25, -0.2) is 0 Å². The molecule has 10 heavy (non-hydrogen) atoms. The molecule has 1 heterocycles. The van der Waals surface area contributed by atoms with Gasteiger partial charge in [0.15, 0.2) is 0 Å². The first kappa shape index (κ1) is 7.76. The van der Waals surface area contributed by atoms with E-state index in [9.17, 15) is 0 Å². The normalized spacial score (nSPS) is 33.7. The summed E-state index contributed by atoms with van der Waals surface area (Å²) in [6, 6.07) is 0. The van der Waals surface area contributed by atoms with Crippen LogP contribution in [0.15, 0.2) is 12.7 Å². The average Bonchev–Trinajstić information content (AvgIpc) is 2.06. The van der Waals surface area contributed by atoms with Crippen molar-refractivity contribution in [1.82, 2.24) is 5.32 Å². The van der Waals surface area contributed by atoms with Crippen molar-refractivity contribution in [3.8, 4) is 0 Å². The van der Waals surface area contributed by atoms with Gasteiger partial charge in [-0.3, -0.25) is 0 Å². The first-order valence-electron chi connectivity index (χ1n) is 3.79. The molecule has 0 spiro atoms. The molecule has 1 rings (SSSR count). The number of ether oxygens (including phenoxy) is 1. The Morgan fingerprint density at radius 1 is 1.80 bits per heavy atom. The lowest BCUT2D eigenvalue weighted by Gasteiger charge is -2.34. The molecule has 58 valence electrons. The van der Waals surface area contributed by atoms with E-state index in [0.717, 1.165) is 26.2 Å². The predicted octanol–water partition coefficient (Wildman–Crippen LogP) is 0.941. The van der Waals surface area contributed by atoms with Gasteiger partial charge in [-0.15, -0.1) is 6.58 Å². The van der Waals surface area contributed by atoms with E-state index in [0.29, 0.717) is 0 Å². The Balaban J connectivity index is 2.52. The van der Waals surface area contributed by atoms with Crippen LogP contribution in [0.5, 0.6) is 0 Å². The molecule has 0 aromatic carbocycles. The zero-order valence-electron chi connectivity index (χ0n) is 6.52. The van der Waals surface area contributed by atoms with Gasteiger partial charge < -0.3 is 10.1 Å². The van der Waals surface area contributed by atoms with Crippen LogP contribution in [0.1, 0.15) is 13.3 Å². The first-order chi connectivity index (χ1) is 4.83. The van der Waals surface area contributed by atoms with Crippen LogP contribution in [0.25, 0.3) is 0 Å². The third-order valence-corrected chi connectivity index (χ3v) is 2.10. The summed E-state index contributed by atoms with van der Waals surface area (Å²) in [5, 5.41) is 3.39. The second-order valence-corrected chi connectivity index (χ2v) is 2.69. The summed E-state index contributed by atoms with van der Waals surface area (Å²) < 4.78 is 5.33. The van der Waals surface area contributed by atoms with Crippen LogP contribution in [0, 0.1) is 0 Å². The van der Waals surface area contributed by atoms with Gasteiger partial charge in [0.2, 0.25) is 0 Å². The molecule has 0 amide bonds. The molecule has 1 unspecified atom stereocenters. The summed E-state index contributed by atoms with van der Waals surface area (Å²) in [5.41, 5.74) is 0.0538. The largest absolute Gasteiger partial charge is 0.378 e. The van der Waals surface area contributed by atoms with Gasteiger partial charge in [0.1, 0.15) is 0 Å². The summed E-state index contributed by atoms with van der Waals surface area (Å²) >= 11 is 0. The monoisotopic (exact) mass is 141 g/mol. The molecule has 0 aromatic rings. The fourth-order valence-corrected chi connectivity index (χ4v) is 1.18. The molecule has 0 radical (unpaired) electrons.